The van der Waals surface area contributed by atoms with E-state index in [1.54, 1.807) is 0 Å². The molecule has 0 amide bonds. The minimum absolute atomic E-state index is 0.197. The summed E-state index contributed by atoms with van der Waals surface area (Å²) in [6.07, 6.45) is -0.405. The average Bonchev–Trinajstić information content (AvgIpc) is 2.26. The molecule has 1 aromatic carbocycles. The maximum atomic E-state index is 12.5. The minimum Gasteiger partial charge on any atom is -0.480 e. The van der Waals surface area contributed by atoms with Crippen molar-refractivity contribution in [3.05, 3.63) is 35.6 Å². The van der Waals surface area contributed by atoms with Crippen molar-refractivity contribution in [1.82, 2.24) is 0 Å². The number of nitriles is 1. The summed E-state index contributed by atoms with van der Waals surface area (Å²) in [5.41, 5.74) is 0.197. The molecule has 1 aromatic rings. The van der Waals surface area contributed by atoms with Crippen LogP contribution < -0.4 is 0 Å². The Kier molecular flexibility index (Phi) is 3.72. The van der Waals surface area contributed by atoms with E-state index in [0.29, 0.717) is 0 Å². The van der Waals surface area contributed by atoms with Gasteiger partial charge in [-0.05, 0) is 24.3 Å². The van der Waals surface area contributed by atoms with Crippen molar-refractivity contribution in [3.8, 4) is 6.07 Å². The topological polar surface area (TPSA) is 78.2 Å². The second-order valence-corrected chi connectivity index (χ2v) is 3.15. The fourth-order valence-electron chi connectivity index (χ4n) is 1.13. The highest BCUT2D eigenvalue weighted by Gasteiger charge is 2.21. The molecule has 0 saturated heterocycles. The van der Waals surface area contributed by atoms with Crippen LogP contribution in [0.25, 0.3) is 0 Å². The molecule has 0 fully saturated rings. The summed E-state index contributed by atoms with van der Waals surface area (Å²) in [4.78, 5) is 22.0. The molecule has 0 aliphatic heterocycles. The molecule has 5 heteroatoms. The van der Waals surface area contributed by atoms with E-state index in [0.717, 1.165) is 12.1 Å². The standard InChI is InChI=1S/C11H8FNO3/c12-9-3-1-7(2-4-9)10(14)5-8(6-13)11(15)16/h1-4,8H,5H2,(H,15,16). The molecular formula is C11H8FNO3. The summed E-state index contributed by atoms with van der Waals surface area (Å²) in [5.74, 6) is -3.67. The number of ketones is 1. The van der Waals surface area contributed by atoms with E-state index in [2.05, 4.69) is 0 Å². The van der Waals surface area contributed by atoms with Gasteiger partial charge in [0.15, 0.2) is 11.7 Å². The molecule has 0 aromatic heterocycles. The van der Waals surface area contributed by atoms with Crippen LogP contribution in [0.15, 0.2) is 24.3 Å². The van der Waals surface area contributed by atoms with Gasteiger partial charge in [0, 0.05) is 12.0 Å². The van der Waals surface area contributed by atoms with Crippen LogP contribution in [0.1, 0.15) is 16.8 Å². The summed E-state index contributed by atoms with van der Waals surface area (Å²) >= 11 is 0. The molecule has 0 saturated carbocycles. The summed E-state index contributed by atoms with van der Waals surface area (Å²) in [6.45, 7) is 0. The van der Waals surface area contributed by atoms with E-state index in [9.17, 15) is 14.0 Å². The normalized spacial score (nSPS) is 11.5. The molecule has 0 radical (unpaired) electrons. The third-order valence-corrected chi connectivity index (χ3v) is 2.01. The fourth-order valence-corrected chi connectivity index (χ4v) is 1.13. The number of aliphatic carboxylic acids is 1. The molecular weight excluding hydrogens is 213 g/mol. The number of nitrogens with zero attached hydrogens (tertiary/aromatic N) is 1. The lowest BCUT2D eigenvalue weighted by Crippen LogP contribution is -2.16. The molecule has 4 nitrogen and oxygen atoms in total. The van der Waals surface area contributed by atoms with Crippen LogP contribution in [0.5, 0.6) is 0 Å². The van der Waals surface area contributed by atoms with Crippen LogP contribution in [0.2, 0.25) is 0 Å². The van der Waals surface area contributed by atoms with Crippen molar-refractivity contribution in [2.75, 3.05) is 0 Å². The van der Waals surface area contributed by atoms with E-state index in [1.165, 1.54) is 18.2 Å². The monoisotopic (exact) mass is 221 g/mol. The van der Waals surface area contributed by atoms with Gasteiger partial charge in [-0.1, -0.05) is 0 Å². The zero-order valence-corrected chi connectivity index (χ0v) is 8.18. The number of rotatable bonds is 4. The molecule has 1 rings (SSSR count). The Labute approximate surface area is 90.9 Å². The number of carboxylic acid groups (broad SMARTS) is 1. The first-order valence-corrected chi connectivity index (χ1v) is 4.45. The highest BCUT2D eigenvalue weighted by Crippen LogP contribution is 2.10. The molecule has 82 valence electrons. The van der Waals surface area contributed by atoms with Gasteiger partial charge in [0.1, 0.15) is 5.82 Å². The first-order valence-electron chi connectivity index (χ1n) is 4.45. The van der Waals surface area contributed by atoms with Gasteiger partial charge in [-0.3, -0.25) is 9.59 Å². The lowest BCUT2D eigenvalue weighted by molar-refractivity contribution is -0.139. The summed E-state index contributed by atoms with van der Waals surface area (Å²) in [6, 6.07) is 6.25. The van der Waals surface area contributed by atoms with Crippen LogP contribution in [0.3, 0.4) is 0 Å². The quantitative estimate of drug-likeness (QED) is 0.783. The number of carbonyl (C=O) groups excluding carboxylic acids is 1. The Hall–Kier alpha value is -2.22. The molecule has 0 spiro atoms. The van der Waals surface area contributed by atoms with Gasteiger partial charge in [0.05, 0.1) is 6.07 Å². The largest absolute Gasteiger partial charge is 0.480 e. The highest BCUT2D eigenvalue weighted by molar-refractivity contribution is 5.98. The number of halogens is 1. The van der Waals surface area contributed by atoms with E-state index in [4.69, 9.17) is 10.4 Å². The Balaban J connectivity index is 2.76. The number of carbonyl (C=O) groups is 2. The van der Waals surface area contributed by atoms with Crippen molar-refractivity contribution >= 4 is 11.8 Å². The molecule has 0 aliphatic rings. The van der Waals surface area contributed by atoms with Gasteiger partial charge in [-0.25, -0.2) is 4.39 Å². The van der Waals surface area contributed by atoms with Crippen molar-refractivity contribution in [1.29, 1.82) is 5.26 Å². The lowest BCUT2D eigenvalue weighted by atomic mass is 9.99. The number of benzene rings is 1. The smallest absolute Gasteiger partial charge is 0.321 e. The zero-order valence-electron chi connectivity index (χ0n) is 8.18. The molecule has 0 aliphatic carbocycles. The summed E-state index contributed by atoms with van der Waals surface area (Å²) < 4.78 is 12.5. The van der Waals surface area contributed by atoms with Gasteiger partial charge < -0.3 is 5.11 Å². The third kappa shape index (κ3) is 2.89. The van der Waals surface area contributed by atoms with Gasteiger partial charge >= 0.3 is 5.97 Å². The van der Waals surface area contributed by atoms with E-state index < -0.39 is 29.9 Å². The molecule has 1 N–H and O–H groups in total. The first kappa shape index (κ1) is 11.9. The van der Waals surface area contributed by atoms with Crippen molar-refractivity contribution in [2.45, 2.75) is 6.42 Å². The van der Waals surface area contributed by atoms with Crippen LogP contribution in [-0.4, -0.2) is 16.9 Å². The van der Waals surface area contributed by atoms with Gasteiger partial charge in [0.25, 0.3) is 0 Å². The van der Waals surface area contributed by atoms with Crippen LogP contribution in [0, 0.1) is 23.1 Å². The number of hydrogen-bond acceptors (Lipinski definition) is 3. The van der Waals surface area contributed by atoms with Gasteiger partial charge in [0.2, 0.25) is 0 Å². The maximum absolute atomic E-state index is 12.5. The molecule has 0 bridgehead atoms. The van der Waals surface area contributed by atoms with E-state index in [-0.39, 0.29) is 5.56 Å². The summed E-state index contributed by atoms with van der Waals surface area (Å²) in [5, 5.41) is 17.1. The molecule has 1 atom stereocenters. The average molecular weight is 221 g/mol. The predicted molar refractivity (Wildman–Crippen MR) is 52.1 cm³/mol. The third-order valence-electron chi connectivity index (χ3n) is 2.01. The van der Waals surface area contributed by atoms with Crippen molar-refractivity contribution in [3.63, 3.8) is 0 Å². The number of hydrogen-bond donors (Lipinski definition) is 1. The van der Waals surface area contributed by atoms with Crippen LogP contribution in [-0.2, 0) is 4.79 Å². The Morgan fingerprint density at radius 2 is 1.94 bits per heavy atom. The van der Waals surface area contributed by atoms with Crippen molar-refractivity contribution < 1.29 is 19.1 Å². The van der Waals surface area contributed by atoms with E-state index in [1.807, 2.05) is 0 Å². The first-order chi connectivity index (χ1) is 7.54. The Morgan fingerprint density at radius 1 is 1.38 bits per heavy atom. The fraction of sp³-hybridized carbons (Fsp3) is 0.182. The second kappa shape index (κ2) is 5.03. The molecule has 16 heavy (non-hydrogen) atoms. The predicted octanol–water partition coefficient (Wildman–Crippen LogP) is 1.62. The Bertz CT molecular complexity index is 447. The van der Waals surface area contributed by atoms with Crippen LogP contribution in [0.4, 0.5) is 4.39 Å². The lowest BCUT2D eigenvalue weighted by Gasteiger charge is -2.02. The maximum Gasteiger partial charge on any atom is 0.321 e. The minimum atomic E-state index is -1.36. The highest BCUT2D eigenvalue weighted by atomic mass is 19.1. The number of carboxylic acids is 1. The summed E-state index contributed by atoms with van der Waals surface area (Å²) in [7, 11) is 0. The Morgan fingerprint density at radius 3 is 2.38 bits per heavy atom. The second-order valence-electron chi connectivity index (χ2n) is 3.15. The van der Waals surface area contributed by atoms with Crippen LogP contribution >= 0.6 is 0 Å². The zero-order chi connectivity index (χ0) is 12.1. The number of Topliss-reactive ketones (excluding diaryl/α,β-unsaturated/α-hetero) is 1. The molecule has 0 heterocycles. The van der Waals surface area contributed by atoms with Crippen molar-refractivity contribution in [2.24, 2.45) is 5.92 Å². The van der Waals surface area contributed by atoms with E-state index >= 15 is 0 Å². The SMILES string of the molecule is N#CC(CC(=O)c1ccc(F)cc1)C(=O)O. The molecule has 1 unspecified atom stereocenters. The van der Waals surface area contributed by atoms with Gasteiger partial charge in [-0.15, -0.1) is 0 Å². The van der Waals surface area contributed by atoms with Gasteiger partial charge in [-0.2, -0.15) is 5.26 Å².